The van der Waals surface area contributed by atoms with Crippen molar-refractivity contribution >= 4 is 11.7 Å². The van der Waals surface area contributed by atoms with E-state index in [1.807, 2.05) is 23.1 Å². The summed E-state index contributed by atoms with van der Waals surface area (Å²) < 4.78 is 0. The van der Waals surface area contributed by atoms with Gasteiger partial charge >= 0.3 is 6.03 Å². The normalized spacial score (nSPS) is 14.7. The first-order valence-corrected chi connectivity index (χ1v) is 8.11. The van der Waals surface area contributed by atoms with E-state index in [4.69, 9.17) is 0 Å². The largest absolute Gasteiger partial charge is 0.368 e. The van der Waals surface area contributed by atoms with Crippen molar-refractivity contribution in [3.63, 3.8) is 0 Å². The van der Waals surface area contributed by atoms with Gasteiger partial charge in [-0.1, -0.05) is 48.0 Å². The molecule has 0 aromatic heterocycles. The van der Waals surface area contributed by atoms with Crippen LogP contribution in [0.1, 0.15) is 11.1 Å². The predicted molar refractivity (Wildman–Crippen MR) is 93.6 cm³/mol. The minimum atomic E-state index is 0.0271. The molecule has 2 amide bonds. The fourth-order valence-corrected chi connectivity index (χ4v) is 2.92. The van der Waals surface area contributed by atoms with Crippen molar-refractivity contribution in [2.75, 3.05) is 31.1 Å². The number of benzene rings is 2. The van der Waals surface area contributed by atoms with E-state index >= 15 is 0 Å². The molecule has 4 heteroatoms. The molecule has 0 atom stereocenters. The topological polar surface area (TPSA) is 35.6 Å². The van der Waals surface area contributed by atoms with Crippen LogP contribution in [-0.4, -0.2) is 37.1 Å². The van der Waals surface area contributed by atoms with Gasteiger partial charge in [0.05, 0.1) is 0 Å². The number of piperazine rings is 1. The molecule has 1 saturated heterocycles. The third kappa shape index (κ3) is 4.03. The fraction of sp³-hybridized carbons (Fsp3) is 0.316. The molecule has 120 valence electrons. The molecule has 4 nitrogen and oxygen atoms in total. The maximum atomic E-state index is 12.3. The summed E-state index contributed by atoms with van der Waals surface area (Å²) in [6, 6.07) is 18.6. The summed E-state index contributed by atoms with van der Waals surface area (Å²) in [5.74, 6) is 0. The van der Waals surface area contributed by atoms with E-state index in [-0.39, 0.29) is 6.03 Å². The number of anilines is 1. The van der Waals surface area contributed by atoms with Crippen LogP contribution >= 0.6 is 0 Å². The van der Waals surface area contributed by atoms with Crippen molar-refractivity contribution in [1.29, 1.82) is 0 Å². The van der Waals surface area contributed by atoms with Crippen molar-refractivity contribution in [3.05, 3.63) is 65.7 Å². The standard InChI is InChI=1S/C19H23N3O/c1-16-6-5-7-17(14-16)15-20-19(23)22-12-10-21(11-13-22)18-8-3-2-4-9-18/h2-9,14H,10-13,15H2,1H3,(H,20,23). The summed E-state index contributed by atoms with van der Waals surface area (Å²) in [7, 11) is 0. The second-order valence-electron chi connectivity index (χ2n) is 5.96. The van der Waals surface area contributed by atoms with E-state index in [9.17, 15) is 4.79 Å². The molecular weight excluding hydrogens is 286 g/mol. The van der Waals surface area contributed by atoms with Gasteiger partial charge in [-0.15, -0.1) is 0 Å². The van der Waals surface area contributed by atoms with Crippen molar-refractivity contribution in [3.8, 4) is 0 Å². The second kappa shape index (κ2) is 7.18. The molecule has 0 radical (unpaired) electrons. The molecule has 3 rings (SSSR count). The lowest BCUT2D eigenvalue weighted by Crippen LogP contribution is -2.51. The average molecular weight is 309 g/mol. The molecule has 2 aromatic rings. The number of hydrogen-bond donors (Lipinski definition) is 1. The predicted octanol–water partition coefficient (Wildman–Crippen LogP) is 3.03. The zero-order chi connectivity index (χ0) is 16.1. The SMILES string of the molecule is Cc1cccc(CNC(=O)N2CCN(c3ccccc3)CC2)c1. The highest BCUT2D eigenvalue weighted by Crippen LogP contribution is 2.15. The van der Waals surface area contributed by atoms with Crippen LogP contribution in [0.5, 0.6) is 0 Å². The summed E-state index contributed by atoms with van der Waals surface area (Å²) in [5.41, 5.74) is 3.59. The van der Waals surface area contributed by atoms with Gasteiger partial charge in [-0.2, -0.15) is 0 Å². The van der Waals surface area contributed by atoms with Gasteiger partial charge in [0, 0.05) is 38.4 Å². The molecule has 1 N–H and O–H groups in total. The van der Waals surface area contributed by atoms with Crippen LogP contribution < -0.4 is 10.2 Å². The number of hydrogen-bond acceptors (Lipinski definition) is 2. The Hall–Kier alpha value is -2.49. The summed E-state index contributed by atoms with van der Waals surface area (Å²) in [5, 5.41) is 3.02. The van der Waals surface area contributed by atoms with Gasteiger partial charge in [0.15, 0.2) is 0 Å². The fourth-order valence-electron chi connectivity index (χ4n) is 2.92. The lowest BCUT2D eigenvalue weighted by atomic mass is 10.1. The number of carbonyl (C=O) groups is 1. The smallest absolute Gasteiger partial charge is 0.317 e. The van der Waals surface area contributed by atoms with Crippen molar-refractivity contribution in [1.82, 2.24) is 10.2 Å². The Kier molecular flexibility index (Phi) is 4.81. The number of rotatable bonds is 3. The summed E-state index contributed by atoms with van der Waals surface area (Å²) in [4.78, 5) is 16.5. The van der Waals surface area contributed by atoms with E-state index in [1.54, 1.807) is 0 Å². The molecule has 1 heterocycles. The molecule has 23 heavy (non-hydrogen) atoms. The Morgan fingerprint density at radius 3 is 2.43 bits per heavy atom. The van der Waals surface area contributed by atoms with Crippen LogP contribution in [0.2, 0.25) is 0 Å². The molecule has 1 aliphatic heterocycles. The van der Waals surface area contributed by atoms with Gasteiger partial charge in [-0.3, -0.25) is 0 Å². The van der Waals surface area contributed by atoms with E-state index in [2.05, 4.69) is 53.5 Å². The maximum Gasteiger partial charge on any atom is 0.317 e. The molecule has 0 spiro atoms. The van der Waals surface area contributed by atoms with Crippen LogP contribution in [0.4, 0.5) is 10.5 Å². The third-order valence-corrected chi connectivity index (χ3v) is 4.21. The first-order valence-electron chi connectivity index (χ1n) is 8.11. The molecule has 0 saturated carbocycles. The average Bonchev–Trinajstić information content (AvgIpc) is 2.61. The monoisotopic (exact) mass is 309 g/mol. The molecule has 0 aliphatic carbocycles. The van der Waals surface area contributed by atoms with Gasteiger partial charge in [-0.25, -0.2) is 4.79 Å². The van der Waals surface area contributed by atoms with Gasteiger partial charge in [0.2, 0.25) is 0 Å². The molecule has 2 aromatic carbocycles. The van der Waals surface area contributed by atoms with E-state index in [0.29, 0.717) is 6.54 Å². The lowest BCUT2D eigenvalue weighted by molar-refractivity contribution is 0.194. The summed E-state index contributed by atoms with van der Waals surface area (Å²) in [6.45, 7) is 5.92. The van der Waals surface area contributed by atoms with Crippen LogP contribution in [-0.2, 0) is 6.54 Å². The van der Waals surface area contributed by atoms with Gasteiger partial charge in [0.25, 0.3) is 0 Å². The highest BCUT2D eigenvalue weighted by Gasteiger charge is 2.20. The van der Waals surface area contributed by atoms with Gasteiger partial charge in [0.1, 0.15) is 0 Å². The highest BCUT2D eigenvalue weighted by atomic mass is 16.2. The number of nitrogens with one attached hydrogen (secondary N) is 1. The van der Waals surface area contributed by atoms with Crippen molar-refractivity contribution < 1.29 is 4.79 Å². The number of carbonyl (C=O) groups excluding carboxylic acids is 1. The quantitative estimate of drug-likeness (QED) is 0.946. The Labute approximate surface area is 137 Å². The second-order valence-corrected chi connectivity index (χ2v) is 5.96. The Morgan fingerprint density at radius 1 is 1.00 bits per heavy atom. The lowest BCUT2D eigenvalue weighted by Gasteiger charge is -2.36. The van der Waals surface area contributed by atoms with E-state index < -0.39 is 0 Å². The van der Waals surface area contributed by atoms with Gasteiger partial charge in [-0.05, 0) is 24.6 Å². The Morgan fingerprint density at radius 2 is 1.74 bits per heavy atom. The van der Waals surface area contributed by atoms with E-state index in [0.717, 1.165) is 31.7 Å². The third-order valence-electron chi connectivity index (χ3n) is 4.21. The van der Waals surface area contributed by atoms with Crippen LogP contribution in [0.3, 0.4) is 0 Å². The zero-order valence-electron chi connectivity index (χ0n) is 13.5. The Bertz CT molecular complexity index is 649. The van der Waals surface area contributed by atoms with E-state index in [1.165, 1.54) is 11.3 Å². The van der Waals surface area contributed by atoms with Crippen molar-refractivity contribution in [2.45, 2.75) is 13.5 Å². The highest BCUT2D eigenvalue weighted by molar-refractivity contribution is 5.74. The summed E-state index contributed by atoms with van der Waals surface area (Å²) in [6.07, 6.45) is 0. The number of urea groups is 1. The number of amides is 2. The summed E-state index contributed by atoms with van der Waals surface area (Å²) >= 11 is 0. The zero-order valence-corrected chi connectivity index (χ0v) is 13.5. The molecular formula is C19H23N3O. The minimum Gasteiger partial charge on any atom is -0.368 e. The minimum absolute atomic E-state index is 0.0271. The van der Waals surface area contributed by atoms with Crippen LogP contribution in [0, 0.1) is 6.92 Å². The molecule has 0 bridgehead atoms. The first-order chi connectivity index (χ1) is 11.2. The molecule has 1 aliphatic rings. The number of nitrogens with zero attached hydrogens (tertiary/aromatic N) is 2. The molecule has 0 unspecified atom stereocenters. The first kappa shape index (κ1) is 15.4. The maximum absolute atomic E-state index is 12.3. The Balaban J connectivity index is 1.48. The van der Waals surface area contributed by atoms with Gasteiger partial charge < -0.3 is 15.1 Å². The number of aryl methyl sites for hydroxylation is 1. The van der Waals surface area contributed by atoms with Crippen LogP contribution in [0.25, 0.3) is 0 Å². The van der Waals surface area contributed by atoms with Crippen LogP contribution in [0.15, 0.2) is 54.6 Å². The number of para-hydroxylation sites is 1. The van der Waals surface area contributed by atoms with Crippen molar-refractivity contribution in [2.24, 2.45) is 0 Å². The molecule has 1 fully saturated rings.